The van der Waals surface area contributed by atoms with Crippen molar-refractivity contribution in [1.82, 2.24) is 10.0 Å². The molecule has 0 aliphatic heterocycles. The Kier molecular flexibility index (Phi) is 9.61. The van der Waals surface area contributed by atoms with Crippen LogP contribution in [0.4, 0.5) is 0 Å². The van der Waals surface area contributed by atoms with Crippen LogP contribution in [-0.2, 0) is 10.0 Å². The van der Waals surface area contributed by atoms with Gasteiger partial charge in [-0.05, 0) is 20.3 Å². The van der Waals surface area contributed by atoms with Gasteiger partial charge in [-0.15, -0.1) is 0 Å². The van der Waals surface area contributed by atoms with Gasteiger partial charge in [-0.1, -0.05) is 39.0 Å². The molecule has 0 rings (SSSR count). The zero-order valence-electron chi connectivity index (χ0n) is 13.9. The molecule has 0 saturated heterocycles. The molecular formula is C14H32N4O2S. The lowest BCUT2D eigenvalue weighted by atomic mass is 10.1. The fraction of sp³-hybridized carbons (Fsp3) is 0.929. The van der Waals surface area contributed by atoms with Crippen molar-refractivity contribution in [2.45, 2.75) is 64.8 Å². The molecule has 4 N–H and O–H groups in total. The molecule has 0 unspecified atom stereocenters. The monoisotopic (exact) mass is 320 g/mol. The first-order valence-corrected chi connectivity index (χ1v) is 9.58. The molecule has 0 aromatic rings. The average molecular weight is 321 g/mol. The summed E-state index contributed by atoms with van der Waals surface area (Å²) in [6, 6.07) is 0. The van der Waals surface area contributed by atoms with E-state index in [4.69, 9.17) is 5.73 Å². The van der Waals surface area contributed by atoms with Gasteiger partial charge in [0.15, 0.2) is 5.96 Å². The minimum atomic E-state index is -3.24. The van der Waals surface area contributed by atoms with Crippen molar-refractivity contribution in [3.8, 4) is 0 Å². The molecule has 21 heavy (non-hydrogen) atoms. The number of hydrogen-bond donors (Lipinski definition) is 3. The molecule has 0 saturated carbocycles. The van der Waals surface area contributed by atoms with Crippen LogP contribution >= 0.6 is 0 Å². The van der Waals surface area contributed by atoms with Gasteiger partial charge in [0.1, 0.15) is 0 Å². The maximum absolute atomic E-state index is 11.2. The predicted molar refractivity (Wildman–Crippen MR) is 89.9 cm³/mol. The Hall–Kier alpha value is -0.820. The summed E-state index contributed by atoms with van der Waals surface area (Å²) in [5.41, 5.74) is 5.13. The van der Waals surface area contributed by atoms with Crippen molar-refractivity contribution in [3.63, 3.8) is 0 Å². The van der Waals surface area contributed by atoms with E-state index in [1.165, 1.54) is 32.1 Å². The molecule has 0 atom stereocenters. The minimum Gasteiger partial charge on any atom is -0.370 e. The second kappa shape index (κ2) is 10.00. The van der Waals surface area contributed by atoms with Gasteiger partial charge in [-0.3, -0.25) is 4.99 Å². The summed E-state index contributed by atoms with van der Waals surface area (Å²) in [6.45, 7) is 6.87. The molecule has 0 aliphatic rings. The highest BCUT2D eigenvalue weighted by molar-refractivity contribution is 7.88. The predicted octanol–water partition coefficient (Wildman–Crippen LogP) is 1.58. The molecule has 0 heterocycles. The molecule has 0 spiro atoms. The van der Waals surface area contributed by atoms with Crippen LogP contribution in [0, 0.1) is 0 Å². The van der Waals surface area contributed by atoms with Crippen LogP contribution in [0.15, 0.2) is 4.99 Å². The number of nitrogens with one attached hydrogen (secondary N) is 2. The first kappa shape index (κ1) is 20.2. The molecule has 0 aromatic carbocycles. The Morgan fingerprint density at radius 2 is 1.71 bits per heavy atom. The van der Waals surface area contributed by atoms with Crippen LogP contribution in [-0.4, -0.2) is 39.3 Å². The van der Waals surface area contributed by atoms with Crippen molar-refractivity contribution < 1.29 is 8.42 Å². The first-order valence-electron chi connectivity index (χ1n) is 7.69. The zero-order valence-corrected chi connectivity index (χ0v) is 14.7. The normalized spacial score (nSPS) is 13.4. The van der Waals surface area contributed by atoms with E-state index in [0.29, 0.717) is 12.5 Å². The van der Waals surface area contributed by atoms with Crippen molar-refractivity contribution in [2.24, 2.45) is 10.7 Å². The van der Waals surface area contributed by atoms with E-state index in [-0.39, 0.29) is 0 Å². The van der Waals surface area contributed by atoms with Gasteiger partial charge in [-0.2, -0.15) is 0 Å². The van der Waals surface area contributed by atoms with Gasteiger partial charge < -0.3 is 11.1 Å². The number of rotatable bonds is 11. The third-order valence-corrected chi connectivity index (χ3v) is 3.87. The van der Waals surface area contributed by atoms with Gasteiger partial charge in [0, 0.05) is 12.1 Å². The highest BCUT2D eigenvalue weighted by Gasteiger charge is 2.21. The van der Waals surface area contributed by atoms with E-state index in [0.717, 1.165) is 19.2 Å². The molecule has 6 nitrogen and oxygen atoms in total. The third kappa shape index (κ3) is 13.9. The Morgan fingerprint density at radius 1 is 1.14 bits per heavy atom. The quantitative estimate of drug-likeness (QED) is 0.306. The maximum atomic E-state index is 11.2. The molecule has 126 valence electrons. The van der Waals surface area contributed by atoms with Crippen LogP contribution in [0.5, 0.6) is 0 Å². The lowest BCUT2D eigenvalue weighted by molar-refractivity contribution is 0.465. The summed E-state index contributed by atoms with van der Waals surface area (Å²) >= 11 is 0. The Balaban J connectivity index is 3.87. The van der Waals surface area contributed by atoms with Crippen molar-refractivity contribution >= 4 is 16.0 Å². The minimum absolute atomic E-state index is 0.301. The smallest absolute Gasteiger partial charge is 0.209 e. The van der Waals surface area contributed by atoms with Gasteiger partial charge in [-0.25, -0.2) is 13.1 Å². The van der Waals surface area contributed by atoms with E-state index in [9.17, 15) is 8.42 Å². The summed E-state index contributed by atoms with van der Waals surface area (Å²) in [6.07, 6.45) is 8.53. The van der Waals surface area contributed by atoms with Crippen LogP contribution in [0.25, 0.3) is 0 Å². The summed E-state index contributed by atoms with van der Waals surface area (Å²) in [7, 11) is -3.24. The standard InChI is InChI=1S/C14H32N4O2S/c1-5-6-7-8-9-10-11-16-13(15)17-12-14(2,3)18-21(4,19)20/h18H,5-12H2,1-4H3,(H3,15,16,17). The van der Waals surface area contributed by atoms with Gasteiger partial charge in [0.05, 0.1) is 12.8 Å². The Bertz CT molecular complexity index is 405. The Labute approximate surface area is 130 Å². The zero-order chi connectivity index (χ0) is 16.4. The summed E-state index contributed by atoms with van der Waals surface area (Å²) in [5.74, 6) is 0.368. The van der Waals surface area contributed by atoms with Crippen LogP contribution < -0.4 is 15.8 Å². The molecule has 0 radical (unpaired) electrons. The number of hydrogen-bond acceptors (Lipinski definition) is 3. The number of aliphatic imine (C=N–C) groups is 1. The molecule has 0 aromatic heterocycles. The van der Waals surface area contributed by atoms with E-state index >= 15 is 0 Å². The van der Waals surface area contributed by atoms with Gasteiger partial charge in [0.2, 0.25) is 10.0 Å². The molecule has 0 fully saturated rings. The van der Waals surface area contributed by atoms with E-state index in [1.54, 1.807) is 13.8 Å². The number of nitrogens with two attached hydrogens (primary N) is 1. The fourth-order valence-electron chi connectivity index (χ4n) is 1.99. The van der Waals surface area contributed by atoms with E-state index < -0.39 is 15.6 Å². The second-order valence-corrected chi connectivity index (χ2v) is 7.90. The van der Waals surface area contributed by atoms with Gasteiger partial charge in [0.25, 0.3) is 0 Å². The first-order chi connectivity index (χ1) is 9.66. The molecular weight excluding hydrogens is 288 g/mol. The summed E-state index contributed by atoms with van der Waals surface area (Å²) in [4.78, 5) is 4.18. The summed E-state index contributed by atoms with van der Waals surface area (Å²) in [5, 5.41) is 3.06. The number of guanidine groups is 1. The molecule has 0 bridgehead atoms. The van der Waals surface area contributed by atoms with Crippen LogP contribution in [0.2, 0.25) is 0 Å². The molecule has 0 amide bonds. The third-order valence-electron chi connectivity index (χ3n) is 2.94. The topological polar surface area (TPSA) is 96.6 Å². The number of nitrogens with zero attached hydrogens (tertiary/aromatic N) is 1. The SMILES string of the molecule is CCCCCCCCNC(N)=NCC(C)(C)NS(C)(=O)=O. The summed E-state index contributed by atoms with van der Waals surface area (Å²) < 4.78 is 24.9. The Morgan fingerprint density at radius 3 is 2.29 bits per heavy atom. The number of sulfonamides is 1. The number of unbranched alkanes of at least 4 members (excludes halogenated alkanes) is 5. The van der Waals surface area contributed by atoms with Crippen molar-refractivity contribution in [2.75, 3.05) is 19.3 Å². The van der Waals surface area contributed by atoms with Gasteiger partial charge >= 0.3 is 0 Å². The lowest BCUT2D eigenvalue weighted by Crippen LogP contribution is -2.46. The highest BCUT2D eigenvalue weighted by atomic mass is 32.2. The largest absolute Gasteiger partial charge is 0.370 e. The fourth-order valence-corrected chi connectivity index (χ4v) is 3.06. The highest BCUT2D eigenvalue weighted by Crippen LogP contribution is 2.05. The maximum Gasteiger partial charge on any atom is 0.209 e. The molecule has 7 heteroatoms. The average Bonchev–Trinajstić information content (AvgIpc) is 2.32. The van der Waals surface area contributed by atoms with E-state index in [2.05, 4.69) is 22.0 Å². The van der Waals surface area contributed by atoms with Crippen LogP contribution in [0.3, 0.4) is 0 Å². The van der Waals surface area contributed by atoms with E-state index in [1.807, 2.05) is 0 Å². The van der Waals surface area contributed by atoms with Crippen LogP contribution in [0.1, 0.15) is 59.3 Å². The molecule has 0 aliphatic carbocycles. The van der Waals surface area contributed by atoms with Crippen molar-refractivity contribution in [1.29, 1.82) is 0 Å². The lowest BCUT2D eigenvalue weighted by Gasteiger charge is -2.22. The van der Waals surface area contributed by atoms with Crippen molar-refractivity contribution in [3.05, 3.63) is 0 Å². The second-order valence-electron chi connectivity index (χ2n) is 6.15.